The summed E-state index contributed by atoms with van der Waals surface area (Å²) in [7, 11) is -10.0. The van der Waals surface area contributed by atoms with Crippen LogP contribution in [0, 0.1) is 0 Å². The van der Waals surface area contributed by atoms with Crippen LogP contribution in [-0.2, 0) is 65.4 Å². The van der Waals surface area contributed by atoms with E-state index in [0.717, 1.165) is 180 Å². The maximum Gasteiger partial charge on any atom is 0.472 e. The van der Waals surface area contributed by atoms with Crippen LogP contribution in [0.4, 0.5) is 0 Å². The predicted octanol–water partition coefficient (Wildman–Crippen LogP) is 25.3. The van der Waals surface area contributed by atoms with E-state index in [0.29, 0.717) is 25.7 Å². The first-order valence-corrected chi connectivity index (χ1v) is 45.4. The second-order valence-corrected chi connectivity index (χ2v) is 30.5. The molecule has 0 saturated heterocycles. The lowest BCUT2D eigenvalue weighted by Gasteiger charge is -2.21. The number of ether oxygens (including phenoxy) is 4. The molecule has 0 saturated carbocycles. The van der Waals surface area contributed by atoms with E-state index < -0.39 is 97.5 Å². The van der Waals surface area contributed by atoms with Crippen LogP contribution in [0.1, 0.15) is 323 Å². The zero-order valence-corrected chi connectivity index (χ0v) is 70.4. The summed E-state index contributed by atoms with van der Waals surface area (Å²) in [5, 5.41) is 10.7. The van der Waals surface area contributed by atoms with E-state index in [4.69, 9.17) is 37.0 Å². The van der Waals surface area contributed by atoms with Crippen LogP contribution in [-0.4, -0.2) is 96.7 Å². The number of carbonyl (C=O) groups excluding carboxylic acids is 4. The van der Waals surface area contributed by atoms with Gasteiger partial charge in [-0.2, -0.15) is 0 Å². The molecule has 0 radical (unpaired) electrons. The zero-order valence-electron chi connectivity index (χ0n) is 68.6. The summed E-state index contributed by atoms with van der Waals surface area (Å²) in [6, 6.07) is 0. The number of aliphatic hydroxyl groups excluding tert-OH is 1. The van der Waals surface area contributed by atoms with Gasteiger partial charge in [-0.1, -0.05) is 313 Å². The number of phosphoric ester groups is 2. The van der Waals surface area contributed by atoms with Gasteiger partial charge in [0.1, 0.15) is 19.3 Å². The van der Waals surface area contributed by atoms with E-state index in [-0.39, 0.29) is 25.7 Å². The first-order chi connectivity index (χ1) is 53.7. The van der Waals surface area contributed by atoms with Crippen molar-refractivity contribution in [2.24, 2.45) is 0 Å². The van der Waals surface area contributed by atoms with Gasteiger partial charge >= 0.3 is 39.5 Å². The third kappa shape index (κ3) is 80.5. The Morgan fingerprint density at radius 1 is 0.264 bits per heavy atom. The van der Waals surface area contributed by atoms with Crippen LogP contribution in [0.3, 0.4) is 0 Å². The summed E-state index contributed by atoms with van der Waals surface area (Å²) in [4.78, 5) is 73.3. The molecule has 0 spiro atoms. The molecule has 626 valence electrons. The van der Waals surface area contributed by atoms with Crippen LogP contribution >= 0.6 is 15.6 Å². The van der Waals surface area contributed by atoms with E-state index >= 15 is 0 Å². The number of hydrogen-bond acceptors (Lipinski definition) is 15. The number of carbonyl (C=O) groups is 4. The maximum atomic E-state index is 13.1. The average molecular weight is 1580 g/mol. The van der Waals surface area contributed by atoms with Gasteiger partial charge in [-0.3, -0.25) is 37.3 Å². The number of aliphatic hydroxyl groups is 1. The maximum absolute atomic E-state index is 13.1. The monoisotopic (exact) mass is 1580 g/mol. The third-order valence-electron chi connectivity index (χ3n) is 17.2. The highest BCUT2D eigenvalue weighted by Crippen LogP contribution is 2.45. The Morgan fingerprint density at radius 2 is 0.473 bits per heavy atom. The Hall–Kier alpha value is -5.58. The Labute approximate surface area is 667 Å². The fourth-order valence-electron chi connectivity index (χ4n) is 10.9. The Morgan fingerprint density at radius 3 is 0.736 bits per heavy atom. The minimum atomic E-state index is -5.01. The number of allylic oxidation sites excluding steroid dienone is 28. The SMILES string of the molecule is CC/C=C\C/C=C\C/C=C\C/C=C\C/C=C\CCCCCC(=O)OCC(COP(=O)(O)OCC(O)COP(=O)(O)OCC(COC(=O)CCCCCC/C=C\C/C=C\C/C=C\C/C=C\CC)OC(=O)CCCCCCCCCCCCCCCCC)OC(=O)CCCCC/C=C\C/C=C\C/C=C\C/C=C\C/C=C\CC. The van der Waals surface area contributed by atoms with Gasteiger partial charge in [0, 0.05) is 25.7 Å². The Balaban J connectivity index is 5.48. The second kappa shape index (κ2) is 81.4. The van der Waals surface area contributed by atoms with E-state index in [9.17, 15) is 43.2 Å². The summed E-state index contributed by atoms with van der Waals surface area (Å²) in [6.45, 7) is 4.45. The molecule has 0 aliphatic rings. The molecule has 17 nitrogen and oxygen atoms in total. The molecule has 0 aromatic carbocycles. The average Bonchev–Trinajstić information content (AvgIpc) is 0.900. The standard InChI is InChI=1S/C91H150O17P2/c1-5-9-13-17-21-25-29-33-37-40-42-45-49-52-56-60-64-68-72-76-89(94)102-82-87(108-91(96)78-74-70-66-62-58-54-50-46-43-41-38-34-30-26-22-18-14-10-6-2)84-106-110(99,100)104-80-85(92)79-103-109(97,98)105-83-86(107-90(95)77-73-69-65-61-57-53-47-36-32-28-24-20-16-12-8-4)81-101-88(93)75-71-67-63-59-55-51-48-44-39-35-31-27-23-19-15-11-7-3/h9-11,13-15,21-23,25-27,33-35,37-39,42-43,45-46,48,51-52,54,56,58,85-87,92H,5-8,12,16-20,24,28-32,36,40-41,44,47,49-50,53,55,57,59-84H2,1-4H3,(H,97,98)(H,99,100)/b13-9-,14-10-,15-11-,25-21-,26-22-,27-23-,37-33-,38-34-,39-35-,45-42-,46-43-,51-48-,56-52-,58-54-. The van der Waals surface area contributed by atoms with Crippen LogP contribution in [0.15, 0.2) is 170 Å². The van der Waals surface area contributed by atoms with Crippen LogP contribution in [0.5, 0.6) is 0 Å². The van der Waals surface area contributed by atoms with Crippen molar-refractivity contribution in [3.05, 3.63) is 170 Å². The molecule has 0 heterocycles. The smallest absolute Gasteiger partial charge is 0.462 e. The molecular weight excluding hydrogens is 1430 g/mol. The molecule has 5 unspecified atom stereocenters. The first-order valence-electron chi connectivity index (χ1n) is 42.4. The van der Waals surface area contributed by atoms with Crippen molar-refractivity contribution in [3.63, 3.8) is 0 Å². The molecule has 110 heavy (non-hydrogen) atoms. The molecule has 5 atom stereocenters. The van der Waals surface area contributed by atoms with E-state index in [1.807, 2.05) is 0 Å². The van der Waals surface area contributed by atoms with E-state index in [1.54, 1.807) is 0 Å². The van der Waals surface area contributed by atoms with Crippen molar-refractivity contribution >= 4 is 39.5 Å². The molecule has 19 heteroatoms. The molecule has 0 aliphatic carbocycles. The minimum absolute atomic E-state index is 0.0417. The molecule has 0 bridgehead atoms. The van der Waals surface area contributed by atoms with Gasteiger partial charge < -0.3 is 33.8 Å². The lowest BCUT2D eigenvalue weighted by molar-refractivity contribution is -0.161. The summed E-state index contributed by atoms with van der Waals surface area (Å²) in [6.07, 6.45) is 97.4. The highest BCUT2D eigenvalue weighted by Gasteiger charge is 2.30. The van der Waals surface area contributed by atoms with Crippen molar-refractivity contribution in [2.75, 3.05) is 39.6 Å². The molecule has 0 aliphatic heterocycles. The largest absolute Gasteiger partial charge is 0.472 e. The molecule has 0 fully saturated rings. The van der Waals surface area contributed by atoms with Gasteiger partial charge in [-0.05, 0) is 154 Å². The summed E-state index contributed by atoms with van der Waals surface area (Å²) in [5.74, 6) is -2.28. The van der Waals surface area contributed by atoms with Gasteiger partial charge in [-0.15, -0.1) is 0 Å². The minimum Gasteiger partial charge on any atom is -0.462 e. The van der Waals surface area contributed by atoms with Gasteiger partial charge in [-0.25, -0.2) is 9.13 Å². The fraction of sp³-hybridized carbons (Fsp3) is 0.648. The van der Waals surface area contributed by atoms with Crippen LogP contribution < -0.4 is 0 Å². The number of rotatable bonds is 78. The summed E-state index contributed by atoms with van der Waals surface area (Å²) >= 11 is 0. The van der Waals surface area contributed by atoms with Crippen LogP contribution in [0.2, 0.25) is 0 Å². The van der Waals surface area contributed by atoms with Crippen molar-refractivity contribution in [1.29, 1.82) is 0 Å². The number of hydrogen-bond donors (Lipinski definition) is 3. The van der Waals surface area contributed by atoms with E-state index in [2.05, 4.69) is 198 Å². The van der Waals surface area contributed by atoms with Crippen molar-refractivity contribution in [3.8, 4) is 0 Å². The predicted molar refractivity (Wildman–Crippen MR) is 454 cm³/mol. The van der Waals surface area contributed by atoms with Crippen LogP contribution in [0.25, 0.3) is 0 Å². The molecular formula is C91H150O17P2. The topological polar surface area (TPSA) is 237 Å². The molecule has 0 amide bonds. The van der Waals surface area contributed by atoms with Crippen molar-refractivity contribution < 1.29 is 80.2 Å². The highest BCUT2D eigenvalue weighted by molar-refractivity contribution is 7.47. The van der Waals surface area contributed by atoms with Gasteiger partial charge in [0.05, 0.1) is 26.4 Å². The van der Waals surface area contributed by atoms with Gasteiger partial charge in [0.2, 0.25) is 0 Å². The van der Waals surface area contributed by atoms with Gasteiger partial charge in [0.25, 0.3) is 0 Å². The Kier molecular flexibility index (Phi) is 77.3. The number of esters is 4. The third-order valence-corrected chi connectivity index (χ3v) is 19.1. The zero-order chi connectivity index (χ0) is 80.3. The number of unbranched alkanes of at least 4 members (excludes halogenated alkanes) is 24. The molecule has 0 rings (SSSR count). The molecule has 0 aromatic rings. The second-order valence-electron chi connectivity index (χ2n) is 27.6. The Bertz CT molecular complexity index is 2750. The van der Waals surface area contributed by atoms with Crippen molar-refractivity contribution in [1.82, 2.24) is 0 Å². The quantitative estimate of drug-likeness (QED) is 0.0169. The lowest BCUT2D eigenvalue weighted by Crippen LogP contribution is -2.30. The summed E-state index contributed by atoms with van der Waals surface area (Å²) < 4.78 is 68.7. The van der Waals surface area contributed by atoms with Crippen molar-refractivity contribution in [2.45, 2.75) is 341 Å². The van der Waals surface area contributed by atoms with E-state index in [1.165, 1.54) is 64.2 Å². The number of phosphoric acid groups is 2. The molecule has 3 N–H and O–H groups in total. The molecule has 0 aromatic heterocycles. The first kappa shape index (κ1) is 104. The fourth-order valence-corrected chi connectivity index (χ4v) is 12.4. The normalized spacial score (nSPS) is 14.6. The highest BCUT2D eigenvalue weighted by atomic mass is 31.2. The van der Waals surface area contributed by atoms with Gasteiger partial charge in [0.15, 0.2) is 12.2 Å². The summed E-state index contributed by atoms with van der Waals surface area (Å²) in [5.41, 5.74) is 0. The lowest BCUT2D eigenvalue weighted by atomic mass is 10.0.